The van der Waals surface area contributed by atoms with Crippen LogP contribution in [0, 0.1) is 0 Å². The van der Waals surface area contributed by atoms with Crippen LogP contribution in [-0.2, 0) is 4.79 Å². The second kappa shape index (κ2) is 8.13. The Labute approximate surface area is 116 Å². The van der Waals surface area contributed by atoms with Gasteiger partial charge in [0.1, 0.15) is 6.54 Å². The van der Waals surface area contributed by atoms with Crippen LogP contribution in [0.25, 0.3) is 0 Å². The molecule has 1 aromatic rings. The van der Waals surface area contributed by atoms with E-state index >= 15 is 0 Å². The molecule has 0 saturated carbocycles. The second-order valence-corrected chi connectivity index (χ2v) is 4.03. The average molecular weight is 282 g/mol. The number of carboxylic acid groups (broad SMARTS) is 1. The number of aliphatic hydroxyl groups excluding tert-OH is 2. The first-order valence-corrected chi connectivity index (χ1v) is 6.15. The molecule has 0 unspecified atom stereocenters. The molecule has 0 spiro atoms. The van der Waals surface area contributed by atoms with Gasteiger partial charge in [0.15, 0.2) is 0 Å². The van der Waals surface area contributed by atoms with E-state index in [0.717, 1.165) is 4.90 Å². The Morgan fingerprint density at radius 2 is 1.55 bits per heavy atom. The lowest BCUT2D eigenvalue weighted by molar-refractivity contribution is -0.135. The van der Waals surface area contributed by atoms with Gasteiger partial charge in [-0.15, -0.1) is 0 Å². The number of nitrogens with zero attached hydrogens (tertiary/aromatic N) is 2. The number of aliphatic hydroxyl groups is 2. The second-order valence-electron chi connectivity index (χ2n) is 4.03. The summed E-state index contributed by atoms with van der Waals surface area (Å²) in [6.45, 7) is -0.955. The number of aliphatic carboxylic acids is 1. The van der Waals surface area contributed by atoms with E-state index in [0.29, 0.717) is 5.69 Å². The third-order valence-corrected chi connectivity index (χ3v) is 2.60. The van der Waals surface area contributed by atoms with Crippen LogP contribution in [0.1, 0.15) is 0 Å². The van der Waals surface area contributed by atoms with Crippen molar-refractivity contribution in [2.75, 3.05) is 37.7 Å². The highest BCUT2D eigenvalue weighted by Crippen LogP contribution is 2.15. The van der Waals surface area contributed by atoms with Gasteiger partial charge in [0.25, 0.3) is 0 Å². The maximum Gasteiger partial charge on any atom is 0.325 e. The molecule has 7 heteroatoms. The first-order chi connectivity index (χ1) is 9.60. The van der Waals surface area contributed by atoms with Crippen molar-refractivity contribution >= 4 is 17.7 Å². The Morgan fingerprint density at radius 3 is 2.00 bits per heavy atom. The highest BCUT2D eigenvalue weighted by atomic mass is 16.4. The van der Waals surface area contributed by atoms with Gasteiger partial charge < -0.3 is 20.2 Å². The molecular formula is C13H18N2O5. The molecule has 3 N–H and O–H groups in total. The summed E-state index contributed by atoms with van der Waals surface area (Å²) in [4.78, 5) is 25.5. The smallest absolute Gasteiger partial charge is 0.325 e. The molecule has 0 aromatic heterocycles. The van der Waals surface area contributed by atoms with Gasteiger partial charge in [-0.25, -0.2) is 4.79 Å². The molecule has 0 bridgehead atoms. The van der Waals surface area contributed by atoms with Gasteiger partial charge in [-0.2, -0.15) is 0 Å². The van der Waals surface area contributed by atoms with E-state index in [1.807, 2.05) is 0 Å². The minimum atomic E-state index is -1.14. The molecule has 0 radical (unpaired) electrons. The fourth-order valence-electron chi connectivity index (χ4n) is 1.73. The Hall–Kier alpha value is -2.12. The number of urea groups is 1. The van der Waals surface area contributed by atoms with Crippen LogP contribution in [0.4, 0.5) is 10.5 Å². The number of hydrogen-bond donors (Lipinski definition) is 3. The molecule has 2 amide bonds. The summed E-state index contributed by atoms with van der Waals surface area (Å²) >= 11 is 0. The van der Waals surface area contributed by atoms with Crippen LogP contribution in [0.2, 0.25) is 0 Å². The van der Waals surface area contributed by atoms with E-state index in [1.165, 1.54) is 4.90 Å². The minimum Gasteiger partial charge on any atom is -0.480 e. The molecule has 1 aromatic carbocycles. The maximum absolute atomic E-state index is 12.3. The van der Waals surface area contributed by atoms with Crippen molar-refractivity contribution in [2.45, 2.75) is 0 Å². The number of amides is 2. The van der Waals surface area contributed by atoms with E-state index in [9.17, 15) is 9.59 Å². The van der Waals surface area contributed by atoms with Crippen molar-refractivity contribution in [2.24, 2.45) is 0 Å². The SMILES string of the molecule is O=C(O)CN(C(=O)N(CCO)CCO)c1ccccc1. The lowest BCUT2D eigenvalue weighted by Gasteiger charge is -2.29. The number of rotatable bonds is 7. The number of carbonyl (C=O) groups excluding carboxylic acids is 1. The van der Waals surface area contributed by atoms with Gasteiger partial charge in [-0.1, -0.05) is 18.2 Å². The standard InChI is InChI=1S/C13H18N2O5/c16-8-6-14(7-9-17)13(20)15(10-12(18)19)11-4-2-1-3-5-11/h1-5,16-17H,6-10H2,(H,18,19). The average Bonchev–Trinajstić information content (AvgIpc) is 2.44. The van der Waals surface area contributed by atoms with Crippen LogP contribution in [0.15, 0.2) is 30.3 Å². The molecule has 0 aliphatic heterocycles. The highest BCUT2D eigenvalue weighted by molar-refractivity contribution is 5.96. The van der Waals surface area contributed by atoms with E-state index < -0.39 is 18.5 Å². The van der Waals surface area contributed by atoms with Crippen LogP contribution in [0.5, 0.6) is 0 Å². The van der Waals surface area contributed by atoms with Crippen LogP contribution >= 0.6 is 0 Å². The Kier molecular flexibility index (Phi) is 6.48. The van der Waals surface area contributed by atoms with E-state index in [2.05, 4.69) is 0 Å². The van der Waals surface area contributed by atoms with E-state index in [1.54, 1.807) is 30.3 Å². The van der Waals surface area contributed by atoms with Crippen molar-refractivity contribution in [3.8, 4) is 0 Å². The molecule has 0 heterocycles. The van der Waals surface area contributed by atoms with Gasteiger partial charge in [0.05, 0.1) is 13.2 Å². The van der Waals surface area contributed by atoms with Crippen LogP contribution in [0.3, 0.4) is 0 Å². The third-order valence-electron chi connectivity index (χ3n) is 2.60. The quantitative estimate of drug-likeness (QED) is 0.652. The van der Waals surface area contributed by atoms with Crippen LogP contribution < -0.4 is 4.90 Å². The first-order valence-electron chi connectivity index (χ1n) is 6.15. The zero-order chi connectivity index (χ0) is 15.0. The molecule has 20 heavy (non-hydrogen) atoms. The topological polar surface area (TPSA) is 101 Å². The maximum atomic E-state index is 12.3. The summed E-state index contributed by atoms with van der Waals surface area (Å²) in [5.41, 5.74) is 0.445. The molecule has 110 valence electrons. The summed E-state index contributed by atoms with van der Waals surface area (Å²) in [6, 6.07) is 7.82. The zero-order valence-corrected chi connectivity index (χ0v) is 11.0. The molecule has 0 atom stereocenters. The third kappa shape index (κ3) is 4.52. The molecule has 0 aliphatic rings. The molecule has 1 rings (SSSR count). The largest absolute Gasteiger partial charge is 0.480 e. The fraction of sp³-hybridized carbons (Fsp3) is 0.385. The summed E-state index contributed by atoms with van der Waals surface area (Å²) in [6.07, 6.45) is 0. The van der Waals surface area contributed by atoms with Gasteiger partial charge in [-0.3, -0.25) is 9.69 Å². The predicted octanol–water partition coefficient (Wildman–Crippen LogP) is -0.0158. The van der Waals surface area contributed by atoms with E-state index in [4.69, 9.17) is 15.3 Å². The Balaban J connectivity index is 2.97. The molecular weight excluding hydrogens is 264 g/mol. The first kappa shape index (κ1) is 15.9. The lowest BCUT2D eigenvalue weighted by atomic mass is 10.3. The zero-order valence-electron chi connectivity index (χ0n) is 11.0. The fourth-order valence-corrected chi connectivity index (χ4v) is 1.73. The lowest BCUT2D eigenvalue weighted by Crippen LogP contribution is -2.47. The summed E-state index contributed by atoms with van der Waals surface area (Å²) in [5, 5.41) is 26.8. The van der Waals surface area contributed by atoms with Gasteiger partial charge in [0.2, 0.25) is 0 Å². The Morgan fingerprint density at radius 1 is 1.00 bits per heavy atom. The molecule has 0 aliphatic carbocycles. The number of hydrogen-bond acceptors (Lipinski definition) is 4. The number of carboxylic acids is 1. The summed E-state index contributed by atoms with van der Waals surface area (Å²) in [7, 11) is 0. The van der Waals surface area contributed by atoms with Crippen molar-refractivity contribution in [3.05, 3.63) is 30.3 Å². The number of carbonyl (C=O) groups is 2. The summed E-state index contributed by atoms with van der Waals surface area (Å²) in [5.74, 6) is -1.14. The highest BCUT2D eigenvalue weighted by Gasteiger charge is 2.23. The summed E-state index contributed by atoms with van der Waals surface area (Å²) < 4.78 is 0. The van der Waals surface area contributed by atoms with Gasteiger partial charge >= 0.3 is 12.0 Å². The number of benzene rings is 1. The monoisotopic (exact) mass is 282 g/mol. The molecule has 0 fully saturated rings. The minimum absolute atomic E-state index is 0.0301. The van der Waals surface area contributed by atoms with Crippen molar-refractivity contribution in [1.82, 2.24) is 4.90 Å². The van der Waals surface area contributed by atoms with Gasteiger partial charge in [-0.05, 0) is 12.1 Å². The van der Waals surface area contributed by atoms with Gasteiger partial charge in [0, 0.05) is 18.8 Å². The number of anilines is 1. The Bertz CT molecular complexity index is 432. The van der Waals surface area contributed by atoms with Crippen molar-refractivity contribution < 1.29 is 24.9 Å². The molecule has 7 nitrogen and oxygen atoms in total. The van der Waals surface area contributed by atoms with Crippen LogP contribution in [-0.4, -0.2) is 65.1 Å². The van der Waals surface area contributed by atoms with Crippen molar-refractivity contribution in [1.29, 1.82) is 0 Å². The predicted molar refractivity (Wildman–Crippen MR) is 72.6 cm³/mol. The van der Waals surface area contributed by atoms with Crippen molar-refractivity contribution in [3.63, 3.8) is 0 Å². The van der Waals surface area contributed by atoms with E-state index in [-0.39, 0.29) is 26.3 Å². The number of para-hydroxylation sites is 1. The normalized spacial score (nSPS) is 10.1. The molecule has 0 saturated heterocycles.